The van der Waals surface area contributed by atoms with E-state index in [-0.39, 0.29) is 11.6 Å². The van der Waals surface area contributed by atoms with E-state index < -0.39 is 17.8 Å². The number of urea groups is 1. The summed E-state index contributed by atoms with van der Waals surface area (Å²) in [5.74, 6) is -1.34. The Hall–Kier alpha value is -3.19. The molecule has 152 valence electrons. The molecule has 4 rings (SSSR count). The first kappa shape index (κ1) is 20.1. The molecule has 1 fully saturated rings. The maximum atomic E-state index is 13.1. The standard InChI is InChI=1S/C23H20BrN3O3/c1-3-14(2)26-13-15(18-6-4-5-7-20(18)26)12-19-21(28)25-23(30)27(22(19)29)17-10-8-16(24)9-11-17/h4-14H,3H2,1-2H3,(H,25,28,30)/b19-12+/t14-/m0/s1. The van der Waals surface area contributed by atoms with Gasteiger partial charge in [0.2, 0.25) is 0 Å². The minimum absolute atomic E-state index is 0.0791. The number of halogens is 1. The van der Waals surface area contributed by atoms with Crippen LogP contribution >= 0.6 is 15.9 Å². The van der Waals surface area contributed by atoms with E-state index >= 15 is 0 Å². The zero-order valence-electron chi connectivity index (χ0n) is 16.6. The van der Waals surface area contributed by atoms with Gasteiger partial charge >= 0.3 is 6.03 Å². The lowest BCUT2D eigenvalue weighted by Gasteiger charge is -2.26. The van der Waals surface area contributed by atoms with Gasteiger partial charge in [0.25, 0.3) is 11.8 Å². The van der Waals surface area contributed by atoms with Crippen molar-refractivity contribution in [3.05, 3.63) is 70.3 Å². The fourth-order valence-electron chi connectivity index (χ4n) is 3.55. The van der Waals surface area contributed by atoms with E-state index in [0.29, 0.717) is 5.69 Å². The molecule has 0 spiro atoms. The average Bonchev–Trinajstić information content (AvgIpc) is 3.10. The maximum absolute atomic E-state index is 13.1. The quantitative estimate of drug-likeness (QED) is 0.433. The van der Waals surface area contributed by atoms with Crippen LogP contribution in [0, 0.1) is 0 Å². The molecule has 30 heavy (non-hydrogen) atoms. The molecule has 1 atom stereocenters. The largest absolute Gasteiger partial charge is 0.344 e. The predicted octanol–water partition coefficient (Wildman–Crippen LogP) is 5.04. The number of carbonyl (C=O) groups is 3. The van der Waals surface area contributed by atoms with Crippen LogP contribution in [-0.2, 0) is 9.59 Å². The van der Waals surface area contributed by atoms with Crippen molar-refractivity contribution in [3.63, 3.8) is 0 Å². The average molecular weight is 466 g/mol. The number of barbiturate groups is 1. The van der Waals surface area contributed by atoms with Gasteiger partial charge in [-0.1, -0.05) is 41.1 Å². The van der Waals surface area contributed by atoms with Gasteiger partial charge in [-0.25, -0.2) is 9.69 Å². The van der Waals surface area contributed by atoms with Gasteiger partial charge in [-0.05, 0) is 49.8 Å². The molecule has 1 N–H and O–H groups in total. The summed E-state index contributed by atoms with van der Waals surface area (Å²) in [7, 11) is 0. The number of imide groups is 2. The van der Waals surface area contributed by atoms with Crippen LogP contribution in [0.4, 0.5) is 10.5 Å². The molecule has 1 saturated heterocycles. The summed E-state index contributed by atoms with van der Waals surface area (Å²) in [6.07, 6.45) is 4.46. The van der Waals surface area contributed by atoms with Crippen molar-refractivity contribution in [2.75, 3.05) is 4.90 Å². The number of fused-ring (bicyclic) bond motifs is 1. The number of carbonyl (C=O) groups excluding carboxylic acids is 3. The van der Waals surface area contributed by atoms with E-state index in [9.17, 15) is 14.4 Å². The fraction of sp³-hybridized carbons (Fsp3) is 0.174. The normalized spacial score (nSPS) is 17.0. The monoisotopic (exact) mass is 465 g/mol. The number of nitrogens with zero attached hydrogens (tertiary/aromatic N) is 2. The lowest BCUT2D eigenvalue weighted by molar-refractivity contribution is -0.122. The smallest absolute Gasteiger partial charge is 0.335 e. The van der Waals surface area contributed by atoms with Crippen LogP contribution in [0.5, 0.6) is 0 Å². The lowest BCUT2D eigenvalue weighted by atomic mass is 10.1. The molecule has 6 nitrogen and oxygen atoms in total. The van der Waals surface area contributed by atoms with Crippen molar-refractivity contribution in [3.8, 4) is 0 Å². The molecule has 2 heterocycles. The van der Waals surface area contributed by atoms with Crippen molar-refractivity contribution in [2.24, 2.45) is 0 Å². The van der Waals surface area contributed by atoms with Gasteiger partial charge in [0.1, 0.15) is 5.57 Å². The number of hydrogen-bond acceptors (Lipinski definition) is 3. The number of benzene rings is 2. The first-order valence-corrected chi connectivity index (χ1v) is 10.5. The van der Waals surface area contributed by atoms with Crippen molar-refractivity contribution < 1.29 is 14.4 Å². The summed E-state index contributed by atoms with van der Waals surface area (Å²) in [6.45, 7) is 4.23. The summed E-state index contributed by atoms with van der Waals surface area (Å²) >= 11 is 3.34. The molecule has 2 aromatic carbocycles. The van der Waals surface area contributed by atoms with E-state index in [1.807, 2.05) is 30.5 Å². The highest BCUT2D eigenvalue weighted by atomic mass is 79.9. The van der Waals surface area contributed by atoms with Crippen molar-refractivity contribution in [1.29, 1.82) is 0 Å². The molecule has 0 radical (unpaired) electrons. The third kappa shape index (κ3) is 3.45. The summed E-state index contributed by atoms with van der Waals surface area (Å²) < 4.78 is 2.96. The van der Waals surface area contributed by atoms with E-state index in [0.717, 1.165) is 32.3 Å². The number of aromatic nitrogens is 1. The van der Waals surface area contributed by atoms with Gasteiger partial charge < -0.3 is 4.57 Å². The Morgan fingerprint density at radius 3 is 2.47 bits per heavy atom. The lowest BCUT2D eigenvalue weighted by Crippen LogP contribution is -2.54. The Kier molecular flexibility index (Phi) is 5.30. The number of hydrogen-bond donors (Lipinski definition) is 1. The van der Waals surface area contributed by atoms with Crippen molar-refractivity contribution in [1.82, 2.24) is 9.88 Å². The molecule has 1 aliphatic rings. The van der Waals surface area contributed by atoms with Crippen LogP contribution in [-0.4, -0.2) is 22.4 Å². The van der Waals surface area contributed by atoms with Crippen LogP contribution in [0.2, 0.25) is 0 Å². The molecule has 0 bridgehead atoms. The summed E-state index contributed by atoms with van der Waals surface area (Å²) in [5, 5.41) is 3.22. The Balaban J connectivity index is 1.81. The summed E-state index contributed by atoms with van der Waals surface area (Å²) in [4.78, 5) is 39.0. The molecule has 0 unspecified atom stereocenters. The van der Waals surface area contributed by atoms with Crippen LogP contribution < -0.4 is 10.2 Å². The number of anilines is 1. The van der Waals surface area contributed by atoms with Gasteiger partial charge in [-0.3, -0.25) is 14.9 Å². The third-order valence-corrected chi connectivity index (χ3v) is 5.85. The van der Waals surface area contributed by atoms with Crippen LogP contribution in [0.15, 0.2) is 64.8 Å². The molecular formula is C23H20BrN3O3. The second-order valence-corrected chi connectivity index (χ2v) is 8.12. The third-order valence-electron chi connectivity index (χ3n) is 5.32. The first-order chi connectivity index (χ1) is 14.4. The number of para-hydroxylation sites is 1. The minimum Gasteiger partial charge on any atom is -0.344 e. The van der Waals surface area contributed by atoms with Gasteiger partial charge in [-0.2, -0.15) is 0 Å². The molecule has 7 heteroatoms. The molecule has 3 aromatic rings. The van der Waals surface area contributed by atoms with Crippen LogP contribution in [0.25, 0.3) is 17.0 Å². The summed E-state index contributed by atoms with van der Waals surface area (Å²) in [6, 6.07) is 14.1. The number of amides is 4. The molecule has 0 aliphatic carbocycles. The maximum Gasteiger partial charge on any atom is 0.335 e. The number of rotatable bonds is 4. The van der Waals surface area contributed by atoms with E-state index in [1.54, 1.807) is 30.3 Å². The van der Waals surface area contributed by atoms with E-state index in [4.69, 9.17) is 0 Å². The molecule has 0 saturated carbocycles. The molecular weight excluding hydrogens is 446 g/mol. The Labute approximate surface area is 182 Å². The highest BCUT2D eigenvalue weighted by Crippen LogP contribution is 2.29. The molecule has 1 aliphatic heterocycles. The van der Waals surface area contributed by atoms with Gasteiger partial charge in [0.15, 0.2) is 0 Å². The Morgan fingerprint density at radius 2 is 1.77 bits per heavy atom. The minimum atomic E-state index is -0.758. The van der Waals surface area contributed by atoms with Gasteiger partial charge in [0.05, 0.1) is 5.69 Å². The van der Waals surface area contributed by atoms with Crippen molar-refractivity contribution in [2.45, 2.75) is 26.3 Å². The predicted molar refractivity (Wildman–Crippen MR) is 120 cm³/mol. The zero-order valence-corrected chi connectivity index (χ0v) is 18.1. The van der Waals surface area contributed by atoms with E-state index in [1.165, 1.54) is 0 Å². The fourth-order valence-corrected chi connectivity index (χ4v) is 3.81. The van der Waals surface area contributed by atoms with Crippen LogP contribution in [0.1, 0.15) is 31.9 Å². The molecule has 1 aromatic heterocycles. The van der Waals surface area contributed by atoms with Crippen LogP contribution in [0.3, 0.4) is 0 Å². The second kappa shape index (κ2) is 7.91. The SMILES string of the molecule is CC[C@H](C)n1cc(/C=C2\C(=O)NC(=O)N(c3ccc(Br)cc3)C2=O)c2ccccc21. The zero-order chi connectivity index (χ0) is 21.4. The highest BCUT2D eigenvalue weighted by molar-refractivity contribution is 9.10. The Bertz CT molecular complexity index is 1190. The van der Waals surface area contributed by atoms with Gasteiger partial charge in [-0.15, -0.1) is 0 Å². The van der Waals surface area contributed by atoms with E-state index in [2.05, 4.69) is 39.7 Å². The topological polar surface area (TPSA) is 71.4 Å². The molecule has 4 amide bonds. The number of nitrogens with one attached hydrogen (secondary N) is 1. The highest BCUT2D eigenvalue weighted by Gasteiger charge is 2.37. The second-order valence-electron chi connectivity index (χ2n) is 7.20. The van der Waals surface area contributed by atoms with Gasteiger partial charge in [0, 0.05) is 33.2 Å². The summed E-state index contributed by atoms with van der Waals surface area (Å²) in [5.41, 5.74) is 2.10. The Morgan fingerprint density at radius 1 is 1.07 bits per heavy atom. The first-order valence-electron chi connectivity index (χ1n) is 9.67. The van der Waals surface area contributed by atoms with Crippen molar-refractivity contribution >= 4 is 56.4 Å².